The predicted octanol–water partition coefficient (Wildman–Crippen LogP) is 3.87. The van der Waals surface area contributed by atoms with Crippen molar-refractivity contribution in [1.29, 1.82) is 0 Å². The molecule has 0 saturated carbocycles. The van der Waals surface area contributed by atoms with E-state index in [0.717, 1.165) is 0 Å². The number of benzene rings is 2. The van der Waals surface area contributed by atoms with Crippen LogP contribution >= 0.6 is 23.2 Å². The minimum absolute atomic E-state index is 0.0241. The molecule has 0 heterocycles. The van der Waals surface area contributed by atoms with Crippen molar-refractivity contribution < 1.29 is 19.4 Å². The normalized spacial score (nSPS) is 11.6. The van der Waals surface area contributed by atoms with Gasteiger partial charge < -0.3 is 25.2 Å². The molecule has 0 radical (unpaired) electrons. The van der Waals surface area contributed by atoms with E-state index in [1.807, 2.05) is 0 Å². The molecule has 0 saturated heterocycles. The lowest BCUT2D eigenvalue weighted by Gasteiger charge is -2.17. The van der Waals surface area contributed by atoms with Crippen LogP contribution in [0.1, 0.15) is 11.7 Å². The number of urea groups is 1. The summed E-state index contributed by atoms with van der Waals surface area (Å²) >= 11 is 11.8. The molecule has 1 unspecified atom stereocenters. The lowest BCUT2D eigenvalue weighted by Crippen LogP contribution is -2.32. The highest BCUT2D eigenvalue weighted by Crippen LogP contribution is 2.29. The van der Waals surface area contributed by atoms with Gasteiger partial charge >= 0.3 is 6.03 Å². The molecule has 2 rings (SSSR count). The van der Waals surface area contributed by atoms with Crippen molar-refractivity contribution in [3.8, 4) is 11.5 Å². The Morgan fingerprint density at radius 1 is 1.12 bits per heavy atom. The summed E-state index contributed by atoms with van der Waals surface area (Å²) in [6.45, 7) is -0.0241. The molecule has 6 nitrogen and oxygen atoms in total. The molecular weight excluding hydrogens is 367 g/mol. The molecule has 2 aromatic carbocycles. The van der Waals surface area contributed by atoms with E-state index in [-0.39, 0.29) is 6.54 Å². The number of rotatable bonds is 6. The maximum atomic E-state index is 12.0. The summed E-state index contributed by atoms with van der Waals surface area (Å²) in [7, 11) is 3.03. The quantitative estimate of drug-likeness (QED) is 0.706. The first-order chi connectivity index (χ1) is 11.9. The lowest BCUT2D eigenvalue weighted by molar-refractivity contribution is 0.170. The minimum atomic E-state index is -0.973. The van der Waals surface area contributed by atoms with Crippen molar-refractivity contribution in [1.82, 2.24) is 5.32 Å². The van der Waals surface area contributed by atoms with Crippen LogP contribution < -0.4 is 20.1 Å². The van der Waals surface area contributed by atoms with Crippen molar-refractivity contribution in [2.45, 2.75) is 6.10 Å². The average molecular weight is 385 g/mol. The summed E-state index contributed by atoms with van der Waals surface area (Å²) in [6, 6.07) is 9.25. The number of anilines is 1. The number of carbonyl (C=O) groups excluding carboxylic acids is 1. The number of amides is 2. The summed E-state index contributed by atoms with van der Waals surface area (Å²) in [6.07, 6.45) is -0.973. The fourth-order valence-corrected chi connectivity index (χ4v) is 2.73. The number of hydrogen-bond acceptors (Lipinski definition) is 4. The van der Waals surface area contributed by atoms with E-state index in [1.165, 1.54) is 14.2 Å². The maximum absolute atomic E-state index is 12.0. The van der Waals surface area contributed by atoms with Gasteiger partial charge in [0.25, 0.3) is 0 Å². The van der Waals surface area contributed by atoms with E-state index in [2.05, 4.69) is 10.6 Å². The minimum Gasteiger partial charge on any atom is -0.497 e. The monoisotopic (exact) mass is 384 g/mol. The van der Waals surface area contributed by atoms with Gasteiger partial charge in [0.05, 0.1) is 14.2 Å². The molecule has 0 fully saturated rings. The second kappa shape index (κ2) is 8.80. The first-order valence-electron chi connectivity index (χ1n) is 7.34. The van der Waals surface area contributed by atoms with Crippen LogP contribution in [0.3, 0.4) is 0 Å². The number of hydrogen-bond donors (Lipinski definition) is 3. The summed E-state index contributed by atoms with van der Waals surface area (Å²) in [5.41, 5.74) is 0.955. The van der Waals surface area contributed by atoms with Gasteiger partial charge in [-0.1, -0.05) is 23.2 Å². The molecule has 0 aromatic heterocycles. The third-order valence-electron chi connectivity index (χ3n) is 3.37. The summed E-state index contributed by atoms with van der Waals surface area (Å²) in [5.74, 6) is 1.07. The number of methoxy groups -OCH3 is 2. The van der Waals surface area contributed by atoms with Crippen molar-refractivity contribution in [3.05, 3.63) is 52.0 Å². The maximum Gasteiger partial charge on any atom is 0.319 e. The van der Waals surface area contributed by atoms with Crippen LogP contribution in [-0.4, -0.2) is 31.9 Å². The number of nitrogens with one attached hydrogen (secondary N) is 2. The first kappa shape index (κ1) is 19.2. The van der Waals surface area contributed by atoms with Crippen molar-refractivity contribution in [2.75, 3.05) is 26.1 Å². The molecule has 2 amide bonds. The fraction of sp³-hybridized carbons (Fsp3) is 0.235. The molecule has 25 heavy (non-hydrogen) atoms. The fourth-order valence-electron chi connectivity index (χ4n) is 2.20. The number of halogens is 2. The SMILES string of the molecule is COc1ccc(OC)c(C(O)CNC(=O)Nc2cc(Cl)cc(Cl)c2)c1. The number of aliphatic hydroxyl groups excluding tert-OH is 1. The first-order valence-corrected chi connectivity index (χ1v) is 8.09. The third-order valence-corrected chi connectivity index (χ3v) is 3.81. The molecule has 2 aromatic rings. The highest BCUT2D eigenvalue weighted by Gasteiger charge is 2.16. The Balaban J connectivity index is 1.99. The van der Waals surface area contributed by atoms with Crippen LogP contribution in [0.15, 0.2) is 36.4 Å². The van der Waals surface area contributed by atoms with Crippen LogP contribution in [-0.2, 0) is 0 Å². The van der Waals surface area contributed by atoms with Crippen LogP contribution in [0, 0.1) is 0 Å². The molecule has 0 spiro atoms. The van der Waals surface area contributed by atoms with Gasteiger partial charge in [0.15, 0.2) is 0 Å². The van der Waals surface area contributed by atoms with E-state index in [1.54, 1.807) is 36.4 Å². The van der Waals surface area contributed by atoms with Gasteiger partial charge in [-0.2, -0.15) is 0 Å². The highest BCUT2D eigenvalue weighted by atomic mass is 35.5. The van der Waals surface area contributed by atoms with Gasteiger partial charge in [0.1, 0.15) is 17.6 Å². The van der Waals surface area contributed by atoms with Crippen LogP contribution in [0.5, 0.6) is 11.5 Å². The molecule has 0 aliphatic heterocycles. The molecule has 3 N–H and O–H groups in total. The van der Waals surface area contributed by atoms with Gasteiger partial charge in [0.2, 0.25) is 0 Å². The zero-order valence-corrected chi connectivity index (χ0v) is 15.2. The zero-order valence-electron chi connectivity index (χ0n) is 13.7. The van der Waals surface area contributed by atoms with Crippen molar-refractivity contribution in [2.24, 2.45) is 0 Å². The van der Waals surface area contributed by atoms with Gasteiger partial charge in [0, 0.05) is 27.8 Å². The van der Waals surface area contributed by atoms with Crippen LogP contribution in [0.25, 0.3) is 0 Å². The van der Waals surface area contributed by atoms with E-state index in [9.17, 15) is 9.90 Å². The Labute approximate surface area is 155 Å². The van der Waals surface area contributed by atoms with Crippen LogP contribution in [0.4, 0.5) is 10.5 Å². The van der Waals surface area contributed by atoms with Gasteiger partial charge in [-0.05, 0) is 36.4 Å². The molecule has 8 heteroatoms. The average Bonchev–Trinajstić information content (AvgIpc) is 2.58. The molecular formula is C17H18Cl2N2O4. The predicted molar refractivity (Wildman–Crippen MR) is 98.0 cm³/mol. The smallest absolute Gasteiger partial charge is 0.319 e. The molecule has 0 aliphatic rings. The van der Waals surface area contributed by atoms with E-state index in [4.69, 9.17) is 32.7 Å². The van der Waals surface area contributed by atoms with Gasteiger partial charge in [-0.15, -0.1) is 0 Å². The van der Waals surface area contributed by atoms with Crippen LogP contribution in [0.2, 0.25) is 10.0 Å². The van der Waals surface area contributed by atoms with E-state index in [0.29, 0.717) is 32.8 Å². The van der Waals surface area contributed by atoms with E-state index < -0.39 is 12.1 Å². The van der Waals surface area contributed by atoms with Gasteiger partial charge in [-0.3, -0.25) is 0 Å². The Bertz CT molecular complexity index is 735. The highest BCUT2D eigenvalue weighted by molar-refractivity contribution is 6.35. The second-order valence-corrected chi connectivity index (χ2v) is 5.99. The standard InChI is InChI=1S/C17H18Cl2N2O4/c1-24-13-3-4-16(25-2)14(8-13)15(22)9-20-17(23)21-12-6-10(18)5-11(19)7-12/h3-8,15,22H,9H2,1-2H3,(H2,20,21,23). The molecule has 1 atom stereocenters. The lowest BCUT2D eigenvalue weighted by atomic mass is 10.1. The summed E-state index contributed by atoms with van der Waals surface area (Å²) in [4.78, 5) is 12.0. The number of ether oxygens (including phenoxy) is 2. The van der Waals surface area contributed by atoms with Gasteiger partial charge in [-0.25, -0.2) is 4.79 Å². The van der Waals surface area contributed by atoms with Crippen molar-refractivity contribution in [3.63, 3.8) is 0 Å². The Hall–Kier alpha value is -2.15. The molecule has 0 bridgehead atoms. The third kappa shape index (κ3) is 5.42. The molecule has 134 valence electrons. The Morgan fingerprint density at radius 2 is 1.80 bits per heavy atom. The Kier molecular flexibility index (Phi) is 6.75. The summed E-state index contributed by atoms with van der Waals surface area (Å²) in [5, 5.41) is 16.3. The summed E-state index contributed by atoms with van der Waals surface area (Å²) < 4.78 is 10.4. The topological polar surface area (TPSA) is 79.8 Å². The zero-order chi connectivity index (χ0) is 18.4. The van der Waals surface area contributed by atoms with E-state index >= 15 is 0 Å². The molecule has 0 aliphatic carbocycles. The Morgan fingerprint density at radius 3 is 2.40 bits per heavy atom. The largest absolute Gasteiger partial charge is 0.497 e. The number of aliphatic hydroxyl groups is 1. The van der Waals surface area contributed by atoms with Crippen molar-refractivity contribution >= 4 is 34.9 Å². The second-order valence-electron chi connectivity index (χ2n) is 5.12. The number of carbonyl (C=O) groups is 1.